The van der Waals surface area contributed by atoms with Crippen LogP contribution in [0, 0.1) is 6.92 Å². The molecule has 128 valence electrons. The van der Waals surface area contributed by atoms with Gasteiger partial charge in [0.15, 0.2) is 0 Å². The molecule has 1 amide bonds. The Morgan fingerprint density at radius 3 is 2.22 bits per heavy atom. The minimum Gasteiger partial charge on any atom is -0.480 e. The standard InChI is InChI=1S/C18H28N2O3/c1-5-10-19(11-16-8-6-15(4)7-9-16)17(21)12-20(14(2)3)13-18(22)23/h6-9,14H,5,10-13H2,1-4H3,(H,22,23). The van der Waals surface area contributed by atoms with Gasteiger partial charge in [-0.15, -0.1) is 0 Å². The summed E-state index contributed by atoms with van der Waals surface area (Å²) in [6, 6.07) is 8.15. The Morgan fingerprint density at radius 2 is 1.74 bits per heavy atom. The van der Waals surface area contributed by atoms with Crippen molar-refractivity contribution in [2.45, 2.75) is 46.7 Å². The van der Waals surface area contributed by atoms with E-state index in [4.69, 9.17) is 5.11 Å². The van der Waals surface area contributed by atoms with Crippen LogP contribution in [0.25, 0.3) is 0 Å². The molecule has 5 nitrogen and oxygen atoms in total. The van der Waals surface area contributed by atoms with Gasteiger partial charge in [-0.25, -0.2) is 0 Å². The van der Waals surface area contributed by atoms with Gasteiger partial charge < -0.3 is 10.0 Å². The lowest BCUT2D eigenvalue weighted by Gasteiger charge is -2.28. The molecule has 1 aromatic carbocycles. The molecule has 23 heavy (non-hydrogen) atoms. The summed E-state index contributed by atoms with van der Waals surface area (Å²) in [5.41, 5.74) is 2.28. The molecule has 0 spiro atoms. The van der Waals surface area contributed by atoms with Crippen LogP contribution in [-0.2, 0) is 16.1 Å². The normalized spacial score (nSPS) is 11.0. The summed E-state index contributed by atoms with van der Waals surface area (Å²) >= 11 is 0. The SMILES string of the molecule is CCCN(Cc1ccc(C)cc1)C(=O)CN(CC(=O)O)C(C)C. The van der Waals surface area contributed by atoms with Gasteiger partial charge in [-0.05, 0) is 32.8 Å². The summed E-state index contributed by atoms with van der Waals surface area (Å²) in [5, 5.41) is 8.98. The third kappa shape index (κ3) is 6.82. The molecule has 1 N–H and O–H groups in total. The molecule has 0 radical (unpaired) electrons. The Bertz CT molecular complexity index is 512. The second-order valence-corrected chi connectivity index (χ2v) is 6.19. The van der Waals surface area contributed by atoms with Crippen molar-refractivity contribution in [3.63, 3.8) is 0 Å². The second kappa shape index (κ2) is 9.30. The molecule has 1 aromatic rings. The molecule has 1 rings (SSSR count). The molecule has 0 unspecified atom stereocenters. The number of rotatable bonds is 9. The predicted octanol–water partition coefficient (Wildman–Crippen LogP) is 2.53. The third-order valence-electron chi connectivity index (χ3n) is 3.75. The summed E-state index contributed by atoms with van der Waals surface area (Å²) in [5.74, 6) is -0.936. The maximum absolute atomic E-state index is 12.6. The summed E-state index contributed by atoms with van der Waals surface area (Å²) in [4.78, 5) is 27.0. The van der Waals surface area contributed by atoms with E-state index in [0.29, 0.717) is 13.1 Å². The van der Waals surface area contributed by atoms with E-state index in [9.17, 15) is 9.59 Å². The average molecular weight is 320 g/mol. The number of hydrogen-bond acceptors (Lipinski definition) is 3. The quantitative estimate of drug-likeness (QED) is 0.759. The lowest BCUT2D eigenvalue weighted by Crippen LogP contribution is -2.45. The molecular weight excluding hydrogens is 292 g/mol. The van der Waals surface area contributed by atoms with Gasteiger partial charge in [0.05, 0.1) is 13.1 Å². The largest absolute Gasteiger partial charge is 0.480 e. The predicted molar refractivity (Wildman–Crippen MR) is 91.2 cm³/mol. The van der Waals surface area contributed by atoms with Gasteiger partial charge in [-0.1, -0.05) is 36.8 Å². The van der Waals surface area contributed by atoms with Crippen LogP contribution in [0.5, 0.6) is 0 Å². The van der Waals surface area contributed by atoms with Crippen molar-refractivity contribution >= 4 is 11.9 Å². The molecule has 0 aliphatic rings. The summed E-state index contributed by atoms with van der Waals surface area (Å²) in [6.45, 7) is 9.13. The number of nitrogens with zero attached hydrogens (tertiary/aromatic N) is 2. The first-order valence-corrected chi connectivity index (χ1v) is 8.12. The van der Waals surface area contributed by atoms with Crippen molar-refractivity contribution in [2.24, 2.45) is 0 Å². The molecule has 0 saturated carbocycles. The highest BCUT2D eigenvalue weighted by atomic mass is 16.4. The van der Waals surface area contributed by atoms with Gasteiger partial charge in [0, 0.05) is 19.1 Å². The Balaban J connectivity index is 2.76. The van der Waals surface area contributed by atoms with Gasteiger partial charge in [-0.2, -0.15) is 0 Å². The Hall–Kier alpha value is -1.88. The van der Waals surface area contributed by atoms with E-state index in [1.54, 1.807) is 4.90 Å². The van der Waals surface area contributed by atoms with Crippen molar-refractivity contribution < 1.29 is 14.7 Å². The van der Waals surface area contributed by atoms with Crippen molar-refractivity contribution in [3.05, 3.63) is 35.4 Å². The number of benzene rings is 1. The number of carbonyl (C=O) groups is 2. The second-order valence-electron chi connectivity index (χ2n) is 6.19. The van der Waals surface area contributed by atoms with Crippen LogP contribution in [0.4, 0.5) is 0 Å². The zero-order chi connectivity index (χ0) is 17.4. The number of carboxylic acid groups (broad SMARTS) is 1. The van der Waals surface area contributed by atoms with E-state index in [0.717, 1.165) is 12.0 Å². The Morgan fingerprint density at radius 1 is 1.13 bits per heavy atom. The van der Waals surface area contributed by atoms with Gasteiger partial charge in [-0.3, -0.25) is 14.5 Å². The molecule has 5 heteroatoms. The maximum Gasteiger partial charge on any atom is 0.317 e. The maximum atomic E-state index is 12.6. The highest BCUT2D eigenvalue weighted by molar-refractivity contribution is 5.79. The fourth-order valence-electron chi connectivity index (χ4n) is 2.34. The highest BCUT2D eigenvalue weighted by Gasteiger charge is 2.21. The molecule has 0 bridgehead atoms. The fraction of sp³-hybridized carbons (Fsp3) is 0.556. The number of hydrogen-bond donors (Lipinski definition) is 1. The van der Waals surface area contributed by atoms with Crippen molar-refractivity contribution in [3.8, 4) is 0 Å². The molecule has 0 heterocycles. The van der Waals surface area contributed by atoms with Gasteiger partial charge >= 0.3 is 5.97 Å². The minimum absolute atomic E-state index is 0.0119. The van der Waals surface area contributed by atoms with Crippen LogP contribution in [-0.4, -0.2) is 52.5 Å². The zero-order valence-electron chi connectivity index (χ0n) is 14.6. The molecule has 0 aliphatic heterocycles. The number of amides is 1. The minimum atomic E-state index is -0.910. The first-order chi connectivity index (χ1) is 10.8. The first kappa shape index (κ1) is 19.2. The van der Waals surface area contributed by atoms with Crippen LogP contribution in [0.2, 0.25) is 0 Å². The topological polar surface area (TPSA) is 60.9 Å². The van der Waals surface area contributed by atoms with Crippen molar-refractivity contribution in [1.29, 1.82) is 0 Å². The molecule has 0 aromatic heterocycles. The van der Waals surface area contributed by atoms with Crippen molar-refractivity contribution in [1.82, 2.24) is 9.80 Å². The number of carboxylic acids is 1. The molecular formula is C18H28N2O3. The zero-order valence-corrected chi connectivity index (χ0v) is 14.6. The third-order valence-corrected chi connectivity index (χ3v) is 3.75. The van der Waals surface area contributed by atoms with E-state index in [1.165, 1.54) is 5.56 Å². The van der Waals surface area contributed by atoms with Crippen molar-refractivity contribution in [2.75, 3.05) is 19.6 Å². The molecule has 0 aliphatic carbocycles. The van der Waals surface area contributed by atoms with E-state index in [1.807, 2.05) is 56.9 Å². The number of carbonyl (C=O) groups excluding carboxylic acids is 1. The molecule has 0 fully saturated rings. The monoisotopic (exact) mass is 320 g/mol. The first-order valence-electron chi connectivity index (χ1n) is 8.12. The summed E-state index contributed by atoms with van der Waals surface area (Å²) in [7, 11) is 0. The van der Waals surface area contributed by atoms with Crippen LogP contribution >= 0.6 is 0 Å². The highest BCUT2D eigenvalue weighted by Crippen LogP contribution is 2.09. The lowest BCUT2D eigenvalue weighted by atomic mass is 10.1. The Kier molecular flexibility index (Phi) is 7.75. The summed E-state index contributed by atoms with van der Waals surface area (Å²) < 4.78 is 0. The lowest BCUT2D eigenvalue weighted by molar-refractivity contribution is -0.140. The van der Waals surface area contributed by atoms with Crippen LogP contribution in [0.3, 0.4) is 0 Å². The van der Waals surface area contributed by atoms with E-state index >= 15 is 0 Å². The van der Waals surface area contributed by atoms with Crippen LogP contribution in [0.15, 0.2) is 24.3 Å². The van der Waals surface area contributed by atoms with Gasteiger partial charge in [0.2, 0.25) is 5.91 Å². The van der Waals surface area contributed by atoms with E-state index < -0.39 is 5.97 Å². The van der Waals surface area contributed by atoms with E-state index in [-0.39, 0.29) is 25.0 Å². The number of aliphatic carboxylic acids is 1. The smallest absolute Gasteiger partial charge is 0.317 e. The van der Waals surface area contributed by atoms with Crippen LogP contribution < -0.4 is 0 Å². The molecule has 0 atom stereocenters. The average Bonchev–Trinajstić information content (AvgIpc) is 2.47. The van der Waals surface area contributed by atoms with E-state index in [2.05, 4.69) is 0 Å². The summed E-state index contributed by atoms with van der Waals surface area (Å²) in [6.07, 6.45) is 0.873. The molecule has 0 saturated heterocycles. The van der Waals surface area contributed by atoms with Crippen LogP contribution in [0.1, 0.15) is 38.3 Å². The Labute approximate surface area is 138 Å². The van der Waals surface area contributed by atoms with Gasteiger partial charge in [0.25, 0.3) is 0 Å². The fourth-order valence-corrected chi connectivity index (χ4v) is 2.34. The number of aryl methyl sites for hydroxylation is 1. The van der Waals surface area contributed by atoms with Gasteiger partial charge in [0.1, 0.15) is 0 Å².